The molecule has 1 saturated heterocycles. The Labute approximate surface area is 153 Å². The van der Waals surface area contributed by atoms with Crippen molar-refractivity contribution in [1.82, 2.24) is 9.80 Å². The summed E-state index contributed by atoms with van der Waals surface area (Å²) in [5, 5.41) is 0.630. The van der Waals surface area contributed by atoms with Gasteiger partial charge in [-0.25, -0.2) is 0 Å². The Bertz CT molecular complexity index is 667. The molecule has 2 amide bonds. The molecule has 0 spiro atoms. The molecule has 0 N–H and O–H groups in total. The zero-order chi connectivity index (χ0) is 18.0. The van der Waals surface area contributed by atoms with E-state index in [4.69, 9.17) is 16.3 Å². The molecule has 1 aromatic rings. The zero-order valence-corrected chi connectivity index (χ0v) is 15.5. The number of anilines is 1. The molecule has 7 heteroatoms. The number of rotatable bonds is 4. The van der Waals surface area contributed by atoms with Gasteiger partial charge in [-0.05, 0) is 30.5 Å². The van der Waals surface area contributed by atoms with Crippen molar-refractivity contribution >= 4 is 29.1 Å². The minimum Gasteiger partial charge on any atom is -0.490 e. The highest BCUT2D eigenvalue weighted by Gasteiger charge is 2.27. The molecular weight excluding hydrogens is 342 g/mol. The molecule has 1 fully saturated rings. The number of nitrogens with zero attached hydrogens (tertiary/aromatic N) is 3. The normalized spacial score (nSPS) is 19.4. The lowest BCUT2D eigenvalue weighted by atomic mass is 10.1. The van der Waals surface area contributed by atoms with Gasteiger partial charge in [-0.15, -0.1) is 0 Å². The highest BCUT2D eigenvalue weighted by atomic mass is 35.5. The van der Waals surface area contributed by atoms with Crippen molar-refractivity contribution in [2.45, 2.75) is 13.3 Å². The number of hydrogen-bond donors (Lipinski definition) is 0. The summed E-state index contributed by atoms with van der Waals surface area (Å²) in [6.07, 6.45) is 0.952. The van der Waals surface area contributed by atoms with Crippen molar-refractivity contribution in [2.24, 2.45) is 5.92 Å². The maximum absolute atomic E-state index is 12.6. The predicted octanol–water partition coefficient (Wildman–Crippen LogP) is 1.87. The second kappa shape index (κ2) is 7.52. The first-order chi connectivity index (χ1) is 11.9. The molecule has 6 nitrogen and oxygen atoms in total. The molecule has 136 valence electrons. The average Bonchev–Trinajstić information content (AvgIpc) is 3.04. The monoisotopic (exact) mass is 365 g/mol. The van der Waals surface area contributed by atoms with Crippen LogP contribution < -0.4 is 9.64 Å². The topological polar surface area (TPSA) is 53.1 Å². The van der Waals surface area contributed by atoms with Gasteiger partial charge in [0.1, 0.15) is 12.4 Å². The van der Waals surface area contributed by atoms with E-state index in [0.29, 0.717) is 37.2 Å². The number of benzene rings is 1. The van der Waals surface area contributed by atoms with Gasteiger partial charge in [-0.2, -0.15) is 0 Å². The van der Waals surface area contributed by atoms with Crippen LogP contribution in [0.5, 0.6) is 5.75 Å². The molecule has 1 atom stereocenters. The third-order valence-corrected chi connectivity index (χ3v) is 5.13. The van der Waals surface area contributed by atoms with Crippen LogP contribution in [0.15, 0.2) is 18.2 Å². The second-order valence-electron chi connectivity index (χ2n) is 6.78. The van der Waals surface area contributed by atoms with Crippen LogP contribution in [-0.2, 0) is 9.59 Å². The van der Waals surface area contributed by atoms with Crippen LogP contribution in [0, 0.1) is 5.92 Å². The van der Waals surface area contributed by atoms with Crippen molar-refractivity contribution in [3.8, 4) is 5.75 Å². The van der Waals surface area contributed by atoms with Gasteiger partial charge < -0.3 is 19.4 Å². The fraction of sp³-hybridized carbons (Fsp3) is 0.556. The Kier molecular flexibility index (Phi) is 5.37. The van der Waals surface area contributed by atoms with E-state index in [2.05, 4.69) is 0 Å². The Morgan fingerprint density at radius 3 is 2.88 bits per heavy atom. The summed E-state index contributed by atoms with van der Waals surface area (Å²) in [5.74, 6) is 1.29. The van der Waals surface area contributed by atoms with Crippen molar-refractivity contribution in [3.63, 3.8) is 0 Å². The highest BCUT2D eigenvalue weighted by Crippen LogP contribution is 2.33. The molecule has 0 aromatic heterocycles. The summed E-state index contributed by atoms with van der Waals surface area (Å²) >= 11 is 6.08. The first-order valence-corrected chi connectivity index (χ1v) is 8.98. The van der Waals surface area contributed by atoms with Gasteiger partial charge in [-0.3, -0.25) is 9.59 Å². The molecule has 2 aliphatic heterocycles. The number of carbonyl (C=O) groups excluding carboxylic acids is 2. The number of halogens is 1. The van der Waals surface area contributed by atoms with Gasteiger partial charge in [0.05, 0.1) is 18.8 Å². The zero-order valence-electron chi connectivity index (χ0n) is 14.7. The van der Waals surface area contributed by atoms with Crippen LogP contribution in [0.3, 0.4) is 0 Å². The summed E-state index contributed by atoms with van der Waals surface area (Å²) in [6.45, 7) is 5.32. The second-order valence-corrected chi connectivity index (χ2v) is 7.21. The summed E-state index contributed by atoms with van der Waals surface area (Å²) in [4.78, 5) is 29.7. The van der Waals surface area contributed by atoms with Gasteiger partial charge in [0.2, 0.25) is 11.8 Å². The number of amides is 2. The van der Waals surface area contributed by atoms with E-state index in [1.807, 2.05) is 29.0 Å². The first-order valence-electron chi connectivity index (χ1n) is 8.61. The summed E-state index contributed by atoms with van der Waals surface area (Å²) in [7, 11) is 1.83. The Morgan fingerprint density at radius 1 is 1.36 bits per heavy atom. The van der Waals surface area contributed by atoms with E-state index in [0.717, 1.165) is 30.9 Å². The molecule has 25 heavy (non-hydrogen) atoms. The van der Waals surface area contributed by atoms with E-state index in [9.17, 15) is 9.59 Å². The molecule has 2 heterocycles. The number of ether oxygens (including phenoxy) is 1. The molecule has 0 bridgehead atoms. The number of carbonyl (C=O) groups is 2. The van der Waals surface area contributed by atoms with Crippen LogP contribution in [0.2, 0.25) is 5.02 Å². The summed E-state index contributed by atoms with van der Waals surface area (Å²) in [6, 6.07) is 5.47. The summed E-state index contributed by atoms with van der Waals surface area (Å²) in [5.41, 5.74) is 0.865. The van der Waals surface area contributed by atoms with Gasteiger partial charge in [0.25, 0.3) is 0 Å². The Morgan fingerprint density at radius 2 is 2.16 bits per heavy atom. The average molecular weight is 366 g/mol. The molecule has 2 aliphatic rings. The fourth-order valence-electron chi connectivity index (χ4n) is 3.45. The first kappa shape index (κ1) is 17.9. The lowest BCUT2D eigenvalue weighted by Gasteiger charge is -2.32. The van der Waals surface area contributed by atoms with E-state index in [1.165, 1.54) is 0 Å². The largest absolute Gasteiger partial charge is 0.490 e. The SMILES string of the molecule is CC(=O)N1CCC(CN(C)C(=O)CN2CCOc3ccc(Cl)cc32)C1. The van der Waals surface area contributed by atoms with Crippen LogP contribution in [-0.4, -0.2) is 68.0 Å². The van der Waals surface area contributed by atoms with Gasteiger partial charge in [0.15, 0.2) is 0 Å². The van der Waals surface area contributed by atoms with Gasteiger partial charge in [-0.1, -0.05) is 11.6 Å². The number of likely N-dealkylation sites (N-methyl/N-ethyl adjacent to an activating group) is 1. The highest BCUT2D eigenvalue weighted by molar-refractivity contribution is 6.31. The van der Waals surface area contributed by atoms with E-state index >= 15 is 0 Å². The molecule has 1 unspecified atom stereocenters. The molecule has 0 aliphatic carbocycles. The van der Waals surface area contributed by atoms with Crippen LogP contribution in [0.4, 0.5) is 5.69 Å². The maximum Gasteiger partial charge on any atom is 0.241 e. The minimum atomic E-state index is 0.0640. The van der Waals surface area contributed by atoms with Crippen molar-refractivity contribution < 1.29 is 14.3 Å². The molecular formula is C18H24ClN3O3. The van der Waals surface area contributed by atoms with Gasteiger partial charge in [0, 0.05) is 38.6 Å². The minimum absolute atomic E-state index is 0.0640. The van der Waals surface area contributed by atoms with Crippen LogP contribution >= 0.6 is 11.6 Å². The van der Waals surface area contributed by atoms with Crippen LogP contribution in [0.25, 0.3) is 0 Å². The predicted molar refractivity (Wildman–Crippen MR) is 97.2 cm³/mol. The van der Waals surface area contributed by atoms with Gasteiger partial charge >= 0.3 is 0 Å². The quantitative estimate of drug-likeness (QED) is 0.817. The Hall–Kier alpha value is -1.95. The van der Waals surface area contributed by atoms with Crippen molar-refractivity contribution in [2.75, 3.05) is 51.3 Å². The molecule has 3 rings (SSSR count). The maximum atomic E-state index is 12.6. The van der Waals surface area contributed by atoms with E-state index < -0.39 is 0 Å². The standard InChI is InChI=1S/C18H24ClN3O3/c1-13(23)21-6-5-14(11-21)10-20(2)18(24)12-22-7-8-25-17-4-3-15(19)9-16(17)22/h3-4,9,14H,5-8,10-12H2,1-2H3. The number of fused-ring (bicyclic) bond motifs is 1. The third-order valence-electron chi connectivity index (χ3n) is 4.90. The molecule has 1 aromatic carbocycles. The molecule has 0 saturated carbocycles. The van der Waals surface area contributed by atoms with E-state index in [1.54, 1.807) is 17.9 Å². The number of likely N-dealkylation sites (tertiary alicyclic amines) is 1. The van der Waals surface area contributed by atoms with Crippen molar-refractivity contribution in [3.05, 3.63) is 23.2 Å². The lowest BCUT2D eigenvalue weighted by Crippen LogP contribution is -2.43. The third kappa shape index (κ3) is 4.18. The summed E-state index contributed by atoms with van der Waals surface area (Å²) < 4.78 is 5.63. The Balaban J connectivity index is 1.58. The van der Waals surface area contributed by atoms with Crippen molar-refractivity contribution in [1.29, 1.82) is 0 Å². The van der Waals surface area contributed by atoms with Crippen LogP contribution in [0.1, 0.15) is 13.3 Å². The molecule has 0 radical (unpaired) electrons. The fourth-order valence-corrected chi connectivity index (χ4v) is 3.62. The number of hydrogen-bond acceptors (Lipinski definition) is 4. The van der Waals surface area contributed by atoms with E-state index in [-0.39, 0.29) is 11.8 Å². The smallest absolute Gasteiger partial charge is 0.241 e. The lowest BCUT2D eigenvalue weighted by molar-refractivity contribution is -0.129.